The largest absolute Gasteiger partial charge is 0.390 e. The van der Waals surface area contributed by atoms with Crippen LogP contribution in [0.1, 0.15) is 30.4 Å². The fraction of sp³-hybridized carbons (Fsp3) is 0.500. The Bertz CT molecular complexity index is 342. The Labute approximate surface area is 83.6 Å². The van der Waals surface area contributed by atoms with E-state index in [1.807, 2.05) is 13.0 Å². The SMILES string of the molecule is Cc1ccc(F)c(CCC2(O)CC2)c1. The van der Waals surface area contributed by atoms with Gasteiger partial charge in [-0.05, 0) is 44.2 Å². The van der Waals surface area contributed by atoms with Crippen LogP contribution in [-0.4, -0.2) is 10.7 Å². The predicted octanol–water partition coefficient (Wildman–Crippen LogP) is 2.59. The van der Waals surface area contributed by atoms with E-state index in [4.69, 9.17) is 0 Å². The monoisotopic (exact) mass is 194 g/mol. The Morgan fingerprint density at radius 3 is 2.79 bits per heavy atom. The van der Waals surface area contributed by atoms with E-state index < -0.39 is 5.60 Å². The molecule has 2 rings (SSSR count). The van der Waals surface area contributed by atoms with E-state index >= 15 is 0 Å². The molecule has 0 atom stereocenters. The first kappa shape index (κ1) is 9.66. The van der Waals surface area contributed by atoms with E-state index in [-0.39, 0.29) is 5.82 Å². The summed E-state index contributed by atoms with van der Waals surface area (Å²) in [6.07, 6.45) is 3.08. The highest BCUT2D eigenvalue weighted by Crippen LogP contribution is 2.39. The zero-order valence-corrected chi connectivity index (χ0v) is 8.39. The summed E-state index contributed by atoms with van der Waals surface area (Å²) in [6.45, 7) is 1.95. The van der Waals surface area contributed by atoms with Crippen molar-refractivity contribution in [2.45, 2.75) is 38.2 Å². The molecule has 0 amide bonds. The highest BCUT2D eigenvalue weighted by atomic mass is 19.1. The molecule has 1 saturated carbocycles. The summed E-state index contributed by atoms with van der Waals surface area (Å²) in [5.41, 5.74) is 1.32. The molecule has 1 aromatic rings. The van der Waals surface area contributed by atoms with Gasteiger partial charge in [-0.1, -0.05) is 17.7 Å². The lowest BCUT2D eigenvalue weighted by Crippen LogP contribution is -2.08. The second-order valence-corrected chi connectivity index (χ2v) is 4.32. The highest BCUT2D eigenvalue weighted by molar-refractivity contribution is 5.24. The third kappa shape index (κ3) is 2.13. The summed E-state index contributed by atoms with van der Waals surface area (Å²) in [4.78, 5) is 0. The van der Waals surface area contributed by atoms with Crippen LogP contribution in [0.3, 0.4) is 0 Å². The molecular formula is C12H15FO. The van der Waals surface area contributed by atoms with Crippen LogP contribution in [0.4, 0.5) is 4.39 Å². The van der Waals surface area contributed by atoms with Gasteiger partial charge in [0.2, 0.25) is 0 Å². The molecule has 0 spiro atoms. The molecule has 1 aromatic carbocycles. The lowest BCUT2D eigenvalue weighted by Gasteiger charge is -2.08. The van der Waals surface area contributed by atoms with Crippen molar-refractivity contribution in [3.8, 4) is 0 Å². The van der Waals surface area contributed by atoms with Crippen molar-refractivity contribution in [1.29, 1.82) is 0 Å². The second kappa shape index (κ2) is 3.35. The molecule has 0 radical (unpaired) electrons. The molecule has 2 heteroatoms. The van der Waals surface area contributed by atoms with Crippen molar-refractivity contribution >= 4 is 0 Å². The third-order valence-corrected chi connectivity index (χ3v) is 2.89. The minimum Gasteiger partial charge on any atom is -0.390 e. The predicted molar refractivity (Wildman–Crippen MR) is 53.6 cm³/mol. The van der Waals surface area contributed by atoms with Crippen molar-refractivity contribution in [2.75, 3.05) is 0 Å². The van der Waals surface area contributed by atoms with Gasteiger partial charge in [0.05, 0.1) is 5.60 Å². The van der Waals surface area contributed by atoms with Crippen LogP contribution in [0.2, 0.25) is 0 Å². The summed E-state index contributed by atoms with van der Waals surface area (Å²) in [5, 5.41) is 9.63. The molecule has 0 unspecified atom stereocenters. The first-order chi connectivity index (χ1) is 6.59. The van der Waals surface area contributed by atoms with E-state index in [0.29, 0.717) is 12.8 Å². The zero-order chi connectivity index (χ0) is 10.2. The minimum absolute atomic E-state index is 0.153. The van der Waals surface area contributed by atoms with Gasteiger partial charge in [0.15, 0.2) is 0 Å². The zero-order valence-electron chi connectivity index (χ0n) is 8.39. The van der Waals surface area contributed by atoms with Crippen molar-refractivity contribution in [2.24, 2.45) is 0 Å². The van der Waals surface area contributed by atoms with E-state index in [9.17, 15) is 9.50 Å². The fourth-order valence-electron chi connectivity index (χ4n) is 1.66. The lowest BCUT2D eigenvalue weighted by molar-refractivity contribution is 0.140. The number of halogens is 1. The average molecular weight is 194 g/mol. The number of hydrogen-bond acceptors (Lipinski definition) is 1. The highest BCUT2D eigenvalue weighted by Gasteiger charge is 2.39. The van der Waals surface area contributed by atoms with Crippen molar-refractivity contribution in [3.05, 3.63) is 35.1 Å². The Morgan fingerprint density at radius 2 is 2.14 bits per heavy atom. The molecule has 1 aliphatic rings. The summed E-state index contributed by atoms with van der Waals surface area (Å²) in [5.74, 6) is -0.153. The number of hydrogen-bond donors (Lipinski definition) is 1. The van der Waals surface area contributed by atoms with Gasteiger partial charge in [0, 0.05) is 0 Å². The Kier molecular flexibility index (Phi) is 2.31. The van der Waals surface area contributed by atoms with Crippen molar-refractivity contribution in [3.63, 3.8) is 0 Å². The molecule has 1 fully saturated rings. The standard InChI is InChI=1S/C12H15FO/c1-9-2-3-11(13)10(8-9)4-5-12(14)6-7-12/h2-3,8,14H,4-7H2,1H3. The lowest BCUT2D eigenvalue weighted by atomic mass is 10.0. The maximum absolute atomic E-state index is 13.3. The maximum atomic E-state index is 13.3. The van der Waals surface area contributed by atoms with Gasteiger partial charge in [-0.2, -0.15) is 0 Å². The Balaban J connectivity index is 2.04. The Morgan fingerprint density at radius 1 is 1.43 bits per heavy atom. The van der Waals surface area contributed by atoms with Gasteiger partial charge >= 0.3 is 0 Å². The Hall–Kier alpha value is -0.890. The van der Waals surface area contributed by atoms with Gasteiger partial charge in [-0.3, -0.25) is 0 Å². The normalized spacial score (nSPS) is 18.2. The summed E-state index contributed by atoms with van der Waals surface area (Å²) < 4.78 is 13.3. The number of benzene rings is 1. The number of aliphatic hydroxyl groups is 1. The van der Waals surface area contributed by atoms with Crippen LogP contribution in [0.5, 0.6) is 0 Å². The fourth-order valence-corrected chi connectivity index (χ4v) is 1.66. The van der Waals surface area contributed by atoms with Gasteiger partial charge in [0.25, 0.3) is 0 Å². The van der Waals surface area contributed by atoms with Gasteiger partial charge in [-0.25, -0.2) is 4.39 Å². The quantitative estimate of drug-likeness (QED) is 0.784. The second-order valence-electron chi connectivity index (χ2n) is 4.32. The number of aryl methyl sites for hydroxylation is 2. The van der Waals surface area contributed by atoms with E-state index in [0.717, 1.165) is 24.0 Å². The first-order valence-corrected chi connectivity index (χ1v) is 5.06. The van der Waals surface area contributed by atoms with Crippen molar-refractivity contribution < 1.29 is 9.50 Å². The van der Waals surface area contributed by atoms with Crippen LogP contribution in [0.15, 0.2) is 18.2 Å². The summed E-state index contributed by atoms with van der Waals surface area (Å²) >= 11 is 0. The van der Waals surface area contributed by atoms with Crippen LogP contribution in [-0.2, 0) is 6.42 Å². The van der Waals surface area contributed by atoms with Crippen LogP contribution < -0.4 is 0 Å². The average Bonchev–Trinajstić information content (AvgIpc) is 2.87. The molecule has 0 heterocycles. The van der Waals surface area contributed by atoms with Gasteiger partial charge < -0.3 is 5.11 Å². The molecule has 1 nitrogen and oxygen atoms in total. The minimum atomic E-state index is -0.476. The van der Waals surface area contributed by atoms with E-state index in [2.05, 4.69) is 0 Å². The van der Waals surface area contributed by atoms with Crippen LogP contribution in [0, 0.1) is 12.7 Å². The summed E-state index contributed by atoms with van der Waals surface area (Å²) in [7, 11) is 0. The van der Waals surface area contributed by atoms with Crippen LogP contribution in [0.25, 0.3) is 0 Å². The maximum Gasteiger partial charge on any atom is 0.126 e. The molecular weight excluding hydrogens is 179 g/mol. The van der Waals surface area contributed by atoms with Crippen molar-refractivity contribution in [1.82, 2.24) is 0 Å². The van der Waals surface area contributed by atoms with Crippen LogP contribution >= 0.6 is 0 Å². The summed E-state index contributed by atoms with van der Waals surface area (Å²) in [6, 6.07) is 5.13. The molecule has 76 valence electrons. The molecule has 0 aliphatic heterocycles. The van der Waals surface area contributed by atoms with E-state index in [1.54, 1.807) is 6.07 Å². The molecule has 0 bridgehead atoms. The molecule has 0 saturated heterocycles. The number of rotatable bonds is 3. The van der Waals surface area contributed by atoms with Gasteiger partial charge in [0.1, 0.15) is 5.82 Å². The molecule has 0 aromatic heterocycles. The van der Waals surface area contributed by atoms with Gasteiger partial charge in [-0.15, -0.1) is 0 Å². The third-order valence-electron chi connectivity index (χ3n) is 2.89. The van der Waals surface area contributed by atoms with E-state index in [1.165, 1.54) is 6.07 Å². The smallest absolute Gasteiger partial charge is 0.126 e. The topological polar surface area (TPSA) is 20.2 Å². The first-order valence-electron chi connectivity index (χ1n) is 5.06. The molecule has 1 N–H and O–H groups in total. The molecule has 14 heavy (non-hydrogen) atoms. The molecule has 1 aliphatic carbocycles.